The second-order valence-corrected chi connectivity index (χ2v) is 6.14. The van der Waals surface area contributed by atoms with Crippen LogP contribution in [-0.4, -0.2) is 17.2 Å². The van der Waals surface area contributed by atoms with Gasteiger partial charge in [0.2, 0.25) is 0 Å². The number of nitrogens with one attached hydrogen (secondary N) is 1. The fourth-order valence-electron chi connectivity index (χ4n) is 1.85. The van der Waals surface area contributed by atoms with Crippen LogP contribution in [0.5, 0.6) is 0 Å². The molecule has 0 saturated heterocycles. The Morgan fingerprint density at radius 3 is 2.72 bits per heavy atom. The minimum absolute atomic E-state index is 0.296. The molecule has 2 rings (SSSR count). The van der Waals surface area contributed by atoms with E-state index >= 15 is 0 Å². The van der Waals surface area contributed by atoms with E-state index in [4.69, 9.17) is 0 Å². The molecular formula is C13H16BrN3S. The van der Waals surface area contributed by atoms with Crippen molar-refractivity contribution in [3.8, 4) is 10.6 Å². The van der Waals surface area contributed by atoms with Crippen molar-refractivity contribution < 1.29 is 0 Å². The highest BCUT2D eigenvalue weighted by Gasteiger charge is 2.14. The summed E-state index contributed by atoms with van der Waals surface area (Å²) in [6.45, 7) is 4.23. The first-order chi connectivity index (χ1) is 8.63. The van der Waals surface area contributed by atoms with Gasteiger partial charge >= 0.3 is 0 Å². The van der Waals surface area contributed by atoms with Crippen LogP contribution in [0.25, 0.3) is 10.6 Å². The minimum atomic E-state index is 0.296. The zero-order valence-corrected chi connectivity index (χ0v) is 13.1. The fourth-order valence-corrected chi connectivity index (χ4v) is 3.49. The van der Waals surface area contributed by atoms with Crippen molar-refractivity contribution in [1.29, 1.82) is 0 Å². The molecule has 0 amide bonds. The number of aromatic nitrogens is 2. The summed E-state index contributed by atoms with van der Waals surface area (Å²) in [7, 11) is 1.96. The second-order valence-electron chi connectivity index (χ2n) is 4.21. The summed E-state index contributed by atoms with van der Waals surface area (Å²) in [5.41, 5.74) is 2.34. The SMILES string of the molecule is CCC(NC)c1nnc(-c2cc(C)cc(Br)c2)s1. The van der Waals surface area contributed by atoms with Crippen molar-refractivity contribution in [3.05, 3.63) is 33.2 Å². The van der Waals surface area contributed by atoms with Crippen molar-refractivity contribution in [2.45, 2.75) is 26.3 Å². The van der Waals surface area contributed by atoms with Crippen LogP contribution in [0.1, 0.15) is 30.0 Å². The van der Waals surface area contributed by atoms with Gasteiger partial charge in [-0.1, -0.05) is 34.2 Å². The first kappa shape index (κ1) is 13.6. The number of hydrogen-bond donors (Lipinski definition) is 1. The van der Waals surface area contributed by atoms with Crippen LogP contribution >= 0.6 is 27.3 Å². The number of rotatable bonds is 4. The van der Waals surface area contributed by atoms with Crippen LogP contribution in [0.3, 0.4) is 0 Å². The molecule has 3 nitrogen and oxygen atoms in total. The third-order valence-corrected chi connectivity index (χ3v) is 4.33. The standard InChI is InChI=1S/C13H16BrN3S/c1-4-11(15-3)13-17-16-12(18-13)9-5-8(2)6-10(14)7-9/h5-7,11,15H,4H2,1-3H3. The van der Waals surface area contributed by atoms with Crippen LogP contribution < -0.4 is 5.32 Å². The van der Waals surface area contributed by atoms with Crippen LogP contribution in [0.15, 0.2) is 22.7 Å². The topological polar surface area (TPSA) is 37.8 Å². The van der Waals surface area contributed by atoms with Gasteiger partial charge in [0.05, 0.1) is 6.04 Å². The molecule has 0 aliphatic carbocycles. The van der Waals surface area contributed by atoms with Crippen molar-refractivity contribution in [1.82, 2.24) is 15.5 Å². The van der Waals surface area contributed by atoms with Crippen molar-refractivity contribution in [2.75, 3.05) is 7.05 Å². The summed E-state index contributed by atoms with van der Waals surface area (Å²) in [5.74, 6) is 0. The lowest BCUT2D eigenvalue weighted by atomic mass is 10.1. The predicted octanol–water partition coefficient (Wildman–Crippen LogP) is 3.95. The lowest BCUT2D eigenvalue weighted by Gasteiger charge is -2.08. The zero-order valence-electron chi connectivity index (χ0n) is 10.7. The summed E-state index contributed by atoms with van der Waals surface area (Å²) in [6, 6.07) is 6.60. The average molecular weight is 326 g/mol. The molecule has 1 heterocycles. The molecule has 18 heavy (non-hydrogen) atoms. The van der Waals surface area contributed by atoms with Gasteiger partial charge in [-0.05, 0) is 44.2 Å². The summed E-state index contributed by atoms with van der Waals surface area (Å²) in [6.07, 6.45) is 1.02. The monoisotopic (exact) mass is 325 g/mol. The Balaban J connectivity index is 2.34. The smallest absolute Gasteiger partial charge is 0.147 e. The van der Waals surface area contributed by atoms with E-state index in [-0.39, 0.29) is 0 Å². The molecule has 1 aromatic heterocycles. The predicted molar refractivity (Wildman–Crippen MR) is 79.9 cm³/mol. The number of hydrogen-bond acceptors (Lipinski definition) is 4. The molecule has 0 fully saturated rings. The van der Waals surface area contributed by atoms with Crippen LogP contribution in [-0.2, 0) is 0 Å². The Bertz CT molecular complexity index is 515. The molecule has 1 unspecified atom stereocenters. The largest absolute Gasteiger partial charge is 0.311 e. The van der Waals surface area contributed by atoms with E-state index in [2.05, 4.69) is 63.5 Å². The molecule has 0 saturated carbocycles. The van der Waals surface area contributed by atoms with Gasteiger partial charge in [-0.3, -0.25) is 0 Å². The highest BCUT2D eigenvalue weighted by atomic mass is 79.9. The van der Waals surface area contributed by atoms with E-state index in [0.29, 0.717) is 6.04 Å². The molecule has 0 aliphatic rings. The van der Waals surface area contributed by atoms with E-state index in [1.165, 1.54) is 5.56 Å². The molecule has 96 valence electrons. The number of aryl methyl sites for hydroxylation is 1. The molecule has 5 heteroatoms. The Morgan fingerprint density at radius 2 is 2.11 bits per heavy atom. The lowest BCUT2D eigenvalue weighted by Crippen LogP contribution is -2.14. The normalized spacial score (nSPS) is 12.7. The third-order valence-electron chi connectivity index (χ3n) is 2.78. The molecule has 2 aromatic rings. The van der Waals surface area contributed by atoms with E-state index in [1.54, 1.807) is 11.3 Å². The van der Waals surface area contributed by atoms with Crippen molar-refractivity contribution in [2.24, 2.45) is 0 Å². The van der Waals surface area contributed by atoms with Gasteiger partial charge in [-0.2, -0.15) is 0 Å². The first-order valence-electron chi connectivity index (χ1n) is 5.92. The maximum atomic E-state index is 4.29. The van der Waals surface area contributed by atoms with Crippen LogP contribution in [0, 0.1) is 6.92 Å². The highest BCUT2D eigenvalue weighted by Crippen LogP contribution is 2.30. The van der Waals surface area contributed by atoms with Gasteiger partial charge in [0, 0.05) is 10.0 Å². The molecular weight excluding hydrogens is 310 g/mol. The molecule has 1 N–H and O–H groups in total. The van der Waals surface area contributed by atoms with Gasteiger partial charge in [-0.25, -0.2) is 0 Å². The minimum Gasteiger partial charge on any atom is -0.311 e. The second kappa shape index (κ2) is 5.91. The number of benzene rings is 1. The first-order valence-corrected chi connectivity index (χ1v) is 7.53. The lowest BCUT2D eigenvalue weighted by molar-refractivity contribution is 0.568. The summed E-state index contributed by atoms with van der Waals surface area (Å²) in [4.78, 5) is 0. The molecule has 0 spiro atoms. The zero-order chi connectivity index (χ0) is 13.1. The van der Waals surface area contributed by atoms with Gasteiger partial charge < -0.3 is 5.32 Å². The van der Waals surface area contributed by atoms with Crippen LogP contribution in [0.2, 0.25) is 0 Å². The van der Waals surface area contributed by atoms with Gasteiger partial charge in [0.25, 0.3) is 0 Å². The summed E-state index contributed by atoms with van der Waals surface area (Å²) >= 11 is 5.17. The van der Waals surface area contributed by atoms with Gasteiger partial charge in [0.15, 0.2) is 0 Å². The summed E-state index contributed by atoms with van der Waals surface area (Å²) < 4.78 is 1.08. The average Bonchev–Trinajstić information content (AvgIpc) is 2.79. The van der Waals surface area contributed by atoms with Crippen molar-refractivity contribution in [3.63, 3.8) is 0 Å². The molecule has 0 bridgehead atoms. The van der Waals surface area contributed by atoms with E-state index < -0.39 is 0 Å². The Kier molecular flexibility index (Phi) is 4.48. The van der Waals surface area contributed by atoms with Crippen molar-refractivity contribution >= 4 is 27.3 Å². The maximum Gasteiger partial charge on any atom is 0.147 e. The van der Waals surface area contributed by atoms with E-state index in [1.807, 2.05) is 7.05 Å². The Labute approximate surface area is 120 Å². The molecule has 1 atom stereocenters. The highest BCUT2D eigenvalue weighted by molar-refractivity contribution is 9.10. The van der Waals surface area contributed by atoms with E-state index in [0.717, 1.165) is 26.5 Å². The van der Waals surface area contributed by atoms with Gasteiger partial charge in [-0.15, -0.1) is 10.2 Å². The van der Waals surface area contributed by atoms with Gasteiger partial charge in [0.1, 0.15) is 10.0 Å². The van der Waals surface area contributed by atoms with E-state index in [9.17, 15) is 0 Å². The maximum absolute atomic E-state index is 4.29. The molecule has 1 aromatic carbocycles. The third kappa shape index (κ3) is 2.96. The fraction of sp³-hybridized carbons (Fsp3) is 0.385. The Morgan fingerprint density at radius 1 is 1.33 bits per heavy atom. The van der Waals surface area contributed by atoms with Crippen LogP contribution in [0.4, 0.5) is 0 Å². The number of halogens is 1. The number of nitrogens with zero attached hydrogens (tertiary/aromatic N) is 2. The quantitative estimate of drug-likeness (QED) is 0.924. The summed E-state index contributed by atoms with van der Waals surface area (Å²) in [5, 5.41) is 13.9. The molecule has 0 radical (unpaired) electrons. The molecule has 0 aliphatic heterocycles. The Hall–Kier alpha value is -0.780.